The summed E-state index contributed by atoms with van der Waals surface area (Å²) in [6.45, 7) is 2.38. The lowest BCUT2D eigenvalue weighted by Gasteiger charge is -2.22. The number of aliphatic hydroxyl groups is 1. The van der Waals surface area contributed by atoms with Crippen LogP contribution in [0.25, 0.3) is 11.1 Å². The van der Waals surface area contributed by atoms with Crippen molar-refractivity contribution in [2.75, 3.05) is 26.3 Å². The third-order valence-electron chi connectivity index (χ3n) is 5.92. The molecule has 0 bridgehead atoms. The van der Waals surface area contributed by atoms with Crippen LogP contribution in [0.15, 0.2) is 66.0 Å². The average molecular weight is 476 g/mol. The summed E-state index contributed by atoms with van der Waals surface area (Å²) in [5, 5.41) is 13.2. The van der Waals surface area contributed by atoms with Gasteiger partial charge in [0, 0.05) is 40.5 Å². The van der Waals surface area contributed by atoms with E-state index in [1.54, 1.807) is 6.20 Å². The van der Waals surface area contributed by atoms with Crippen LogP contribution >= 0.6 is 11.6 Å². The van der Waals surface area contributed by atoms with Crippen molar-refractivity contribution in [3.05, 3.63) is 87.5 Å². The summed E-state index contributed by atoms with van der Waals surface area (Å²) in [7, 11) is 0. The van der Waals surface area contributed by atoms with E-state index in [4.69, 9.17) is 16.3 Å². The van der Waals surface area contributed by atoms with Crippen LogP contribution < -0.4 is 4.74 Å². The van der Waals surface area contributed by atoms with Crippen LogP contribution in [-0.2, 0) is 6.54 Å². The van der Waals surface area contributed by atoms with Crippen molar-refractivity contribution < 1.29 is 9.84 Å². The SMILES string of the molecule is O=NCc1cc(C#Cc2ccc(-c3ccc(Cl)cc3)cn2)ccc1OCCN1CCCC1CO. The molecule has 1 aromatic heterocycles. The van der Waals surface area contributed by atoms with Gasteiger partial charge in [-0.25, -0.2) is 4.98 Å². The van der Waals surface area contributed by atoms with Crippen LogP contribution in [0.5, 0.6) is 5.75 Å². The Balaban J connectivity index is 1.41. The molecule has 1 N–H and O–H groups in total. The molecule has 3 aromatic rings. The van der Waals surface area contributed by atoms with Gasteiger partial charge in [-0.2, -0.15) is 4.91 Å². The number of rotatable bonds is 8. The first-order chi connectivity index (χ1) is 16.7. The van der Waals surface area contributed by atoms with E-state index in [1.807, 2.05) is 54.6 Å². The molecule has 174 valence electrons. The fourth-order valence-corrected chi connectivity index (χ4v) is 4.20. The number of hydrogen-bond donors (Lipinski definition) is 1. The van der Waals surface area contributed by atoms with Gasteiger partial charge in [0.05, 0.1) is 6.61 Å². The Labute approximate surface area is 204 Å². The van der Waals surface area contributed by atoms with E-state index in [0.717, 1.165) is 42.6 Å². The molecule has 1 aliphatic heterocycles. The fourth-order valence-electron chi connectivity index (χ4n) is 4.08. The highest BCUT2D eigenvalue weighted by Crippen LogP contribution is 2.23. The molecule has 1 saturated heterocycles. The lowest BCUT2D eigenvalue weighted by Crippen LogP contribution is -2.35. The summed E-state index contributed by atoms with van der Waals surface area (Å²) in [4.78, 5) is 17.6. The van der Waals surface area contributed by atoms with Crippen LogP contribution in [0.4, 0.5) is 0 Å². The van der Waals surface area contributed by atoms with Gasteiger partial charge in [-0.3, -0.25) is 4.90 Å². The van der Waals surface area contributed by atoms with E-state index >= 15 is 0 Å². The fraction of sp³-hybridized carbons (Fsp3) is 0.296. The zero-order chi connectivity index (χ0) is 23.8. The Morgan fingerprint density at radius 3 is 2.68 bits per heavy atom. The average Bonchev–Trinajstić information content (AvgIpc) is 3.32. The van der Waals surface area contributed by atoms with Crippen LogP contribution in [0.1, 0.15) is 29.7 Å². The highest BCUT2D eigenvalue weighted by Gasteiger charge is 2.23. The predicted octanol–water partition coefficient (Wildman–Crippen LogP) is 4.90. The molecule has 34 heavy (non-hydrogen) atoms. The molecule has 4 rings (SSSR count). The predicted molar refractivity (Wildman–Crippen MR) is 134 cm³/mol. The normalized spacial score (nSPS) is 15.5. The van der Waals surface area contributed by atoms with Crippen molar-refractivity contribution in [2.45, 2.75) is 25.4 Å². The van der Waals surface area contributed by atoms with Crippen molar-refractivity contribution in [3.8, 4) is 28.7 Å². The summed E-state index contributed by atoms with van der Waals surface area (Å²) in [5.74, 6) is 6.80. The van der Waals surface area contributed by atoms with Gasteiger partial charge >= 0.3 is 0 Å². The summed E-state index contributed by atoms with van der Waals surface area (Å²) >= 11 is 5.95. The number of benzene rings is 2. The largest absolute Gasteiger partial charge is 0.492 e. The summed E-state index contributed by atoms with van der Waals surface area (Å²) in [5.41, 5.74) is 4.14. The summed E-state index contributed by atoms with van der Waals surface area (Å²) in [6, 6.07) is 17.2. The number of halogens is 1. The molecule has 1 atom stereocenters. The van der Waals surface area contributed by atoms with E-state index < -0.39 is 0 Å². The first-order valence-corrected chi connectivity index (χ1v) is 11.7. The Hall–Kier alpha value is -3.24. The molecular weight excluding hydrogens is 450 g/mol. The Kier molecular flexibility index (Phi) is 8.26. The maximum Gasteiger partial charge on any atom is 0.124 e. The van der Waals surface area contributed by atoms with Gasteiger partial charge in [-0.1, -0.05) is 40.9 Å². The first-order valence-electron chi connectivity index (χ1n) is 11.3. The lowest BCUT2D eigenvalue weighted by molar-refractivity contribution is 0.139. The summed E-state index contributed by atoms with van der Waals surface area (Å²) in [6.07, 6.45) is 3.90. The van der Waals surface area contributed by atoms with Gasteiger partial charge in [-0.05, 0) is 67.3 Å². The zero-order valence-corrected chi connectivity index (χ0v) is 19.5. The number of aromatic nitrogens is 1. The second kappa shape index (κ2) is 11.8. The first kappa shape index (κ1) is 23.9. The van der Waals surface area contributed by atoms with Crippen molar-refractivity contribution in [1.29, 1.82) is 0 Å². The topological polar surface area (TPSA) is 75.0 Å². The number of nitrogens with zero attached hydrogens (tertiary/aromatic N) is 3. The van der Waals surface area contributed by atoms with E-state index in [-0.39, 0.29) is 19.2 Å². The molecule has 6 nitrogen and oxygen atoms in total. The lowest BCUT2D eigenvalue weighted by atomic mass is 10.1. The Morgan fingerprint density at radius 2 is 1.94 bits per heavy atom. The third-order valence-corrected chi connectivity index (χ3v) is 6.17. The number of nitroso groups, excluding NO2 is 1. The van der Waals surface area contributed by atoms with Crippen LogP contribution in [0, 0.1) is 16.7 Å². The van der Waals surface area contributed by atoms with Crippen LogP contribution in [0.2, 0.25) is 5.02 Å². The molecule has 0 spiro atoms. The number of aliphatic hydroxyl groups excluding tert-OH is 1. The van der Waals surface area contributed by atoms with E-state index in [9.17, 15) is 10.0 Å². The van der Waals surface area contributed by atoms with Crippen molar-refractivity contribution in [2.24, 2.45) is 5.18 Å². The molecule has 2 aromatic carbocycles. The smallest absolute Gasteiger partial charge is 0.124 e. The molecule has 1 aliphatic rings. The number of ether oxygens (including phenoxy) is 1. The minimum atomic E-state index is 0.0157. The molecule has 0 radical (unpaired) electrons. The maximum absolute atomic E-state index is 11.0. The molecule has 0 saturated carbocycles. The second-order valence-electron chi connectivity index (χ2n) is 8.16. The number of likely N-dealkylation sites (tertiary alicyclic amines) is 1. The highest BCUT2D eigenvalue weighted by molar-refractivity contribution is 6.30. The molecular formula is C27H26ClN3O3. The summed E-state index contributed by atoms with van der Waals surface area (Å²) < 4.78 is 5.93. The van der Waals surface area contributed by atoms with Crippen molar-refractivity contribution in [1.82, 2.24) is 9.88 Å². The van der Waals surface area contributed by atoms with Gasteiger partial charge in [0.1, 0.15) is 24.6 Å². The highest BCUT2D eigenvalue weighted by atomic mass is 35.5. The minimum absolute atomic E-state index is 0.0157. The number of pyridine rings is 1. The molecule has 7 heteroatoms. The Morgan fingerprint density at radius 1 is 1.12 bits per heavy atom. The Bertz CT molecular complexity index is 1170. The standard InChI is InChI=1S/C27H26ClN3O3/c28-24-8-5-21(6-9-24)22-7-11-25(29-17-22)10-3-20-4-12-27(23(16-20)18-30-33)34-15-14-31-13-1-2-26(31)19-32/h4-9,11-12,16-17,26,32H,1-2,13-15,18-19H2. The number of hydrogen-bond acceptors (Lipinski definition) is 6. The van der Waals surface area contributed by atoms with Crippen molar-refractivity contribution in [3.63, 3.8) is 0 Å². The quantitative estimate of drug-likeness (QED) is 0.370. The zero-order valence-electron chi connectivity index (χ0n) is 18.8. The van der Waals surface area contributed by atoms with Crippen molar-refractivity contribution >= 4 is 11.6 Å². The molecule has 1 unspecified atom stereocenters. The molecule has 2 heterocycles. The van der Waals surface area contributed by atoms with E-state index in [2.05, 4.69) is 26.9 Å². The van der Waals surface area contributed by atoms with Gasteiger partial charge in [0.2, 0.25) is 0 Å². The monoisotopic (exact) mass is 475 g/mol. The third kappa shape index (κ3) is 6.21. The molecule has 1 fully saturated rings. The van der Waals surface area contributed by atoms with Gasteiger partial charge in [-0.15, -0.1) is 0 Å². The second-order valence-corrected chi connectivity index (χ2v) is 8.60. The minimum Gasteiger partial charge on any atom is -0.492 e. The maximum atomic E-state index is 11.0. The van der Waals surface area contributed by atoms with Crippen LogP contribution in [-0.4, -0.2) is 47.3 Å². The van der Waals surface area contributed by atoms with Crippen LogP contribution in [0.3, 0.4) is 0 Å². The van der Waals surface area contributed by atoms with Gasteiger partial charge < -0.3 is 9.84 Å². The van der Waals surface area contributed by atoms with Gasteiger partial charge in [0.15, 0.2) is 0 Å². The van der Waals surface area contributed by atoms with E-state index in [0.29, 0.717) is 28.6 Å². The molecule has 0 aliphatic carbocycles. The molecule has 0 amide bonds. The van der Waals surface area contributed by atoms with Gasteiger partial charge in [0.25, 0.3) is 0 Å². The van der Waals surface area contributed by atoms with E-state index in [1.165, 1.54) is 0 Å².